The number of rotatable bonds is 7. The Morgan fingerprint density at radius 2 is 1.85 bits per heavy atom. The largest absolute Gasteiger partial charge is 0.385 e. The Morgan fingerprint density at radius 1 is 1.22 bits per heavy atom. The quantitative estimate of drug-likeness (QED) is 0.563. The van der Waals surface area contributed by atoms with Crippen LogP contribution in [0.1, 0.15) is 45.2 Å². The van der Waals surface area contributed by atoms with Gasteiger partial charge in [-0.25, -0.2) is 4.79 Å². The van der Waals surface area contributed by atoms with Gasteiger partial charge in [0.05, 0.1) is 0 Å². The number of nitrogens with zero attached hydrogens (tertiary/aromatic N) is 1. The number of amides is 4. The van der Waals surface area contributed by atoms with E-state index in [1.165, 1.54) is 0 Å². The van der Waals surface area contributed by atoms with Crippen LogP contribution < -0.4 is 10.6 Å². The molecule has 2 N–H and O–H groups in total. The van der Waals surface area contributed by atoms with Gasteiger partial charge in [0, 0.05) is 20.3 Å². The highest BCUT2D eigenvalue weighted by atomic mass is 16.5. The average molecular weight is 375 g/mol. The van der Waals surface area contributed by atoms with Gasteiger partial charge in [-0.2, -0.15) is 0 Å². The molecule has 2 rings (SSSR count). The normalized spacial score (nSPS) is 20.0. The molecule has 0 aromatic heterocycles. The fourth-order valence-corrected chi connectivity index (χ4v) is 2.98. The highest BCUT2D eigenvalue weighted by Crippen LogP contribution is 2.30. The Morgan fingerprint density at radius 3 is 2.41 bits per heavy atom. The van der Waals surface area contributed by atoms with Gasteiger partial charge in [0.2, 0.25) is 5.91 Å². The van der Waals surface area contributed by atoms with Crippen molar-refractivity contribution < 1.29 is 19.1 Å². The summed E-state index contributed by atoms with van der Waals surface area (Å²) in [6.07, 6.45) is 0.667. The number of ether oxygens (including phenoxy) is 1. The van der Waals surface area contributed by atoms with Crippen molar-refractivity contribution in [1.82, 2.24) is 15.5 Å². The summed E-state index contributed by atoms with van der Waals surface area (Å²) in [6, 6.07) is 7.07. The molecule has 1 unspecified atom stereocenters. The third-order valence-electron chi connectivity index (χ3n) is 4.75. The zero-order chi connectivity index (χ0) is 20.2. The van der Waals surface area contributed by atoms with Crippen LogP contribution in [0, 0.1) is 0 Å². The summed E-state index contributed by atoms with van der Waals surface area (Å²) < 4.78 is 4.92. The van der Waals surface area contributed by atoms with Crippen LogP contribution in [-0.4, -0.2) is 49.6 Å². The van der Waals surface area contributed by atoms with Gasteiger partial charge in [0.15, 0.2) is 0 Å². The van der Waals surface area contributed by atoms with Crippen molar-refractivity contribution in [2.45, 2.75) is 45.1 Å². The third kappa shape index (κ3) is 4.66. The molecule has 1 aromatic carbocycles. The molecule has 4 amide bonds. The number of nitrogens with one attached hydrogen (secondary N) is 2. The summed E-state index contributed by atoms with van der Waals surface area (Å²) in [7, 11) is 1.59. The molecule has 7 nitrogen and oxygen atoms in total. The van der Waals surface area contributed by atoms with Crippen molar-refractivity contribution in [1.29, 1.82) is 0 Å². The Labute approximate surface area is 160 Å². The molecule has 1 atom stereocenters. The van der Waals surface area contributed by atoms with Crippen molar-refractivity contribution in [3.05, 3.63) is 35.4 Å². The van der Waals surface area contributed by atoms with Gasteiger partial charge in [-0.1, -0.05) is 45.0 Å². The van der Waals surface area contributed by atoms with E-state index in [1.54, 1.807) is 14.0 Å². The van der Waals surface area contributed by atoms with Crippen LogP contribution in [0.5, 0.6) is 0 Å². The summed E-state index contributed by atoms with van der Waals surface area (Å²) in [5, 5.41) is 5.41. The van der Waals surface area contributed by atoms with Crippen LogP contribution in [0.3, 0.4) is 0 Å². The molecule has 148 valence electrons. The second-order valence-corrected chi connectivity index (χ2v) is 7.97. The van der Waals surface area contributed by atoms with Gasteiger partial charge in [-0.3, -0.25) is 14.5 Å². The zero-order valence-corrected chi connectivity index (χ0v) is 16.7. The fraction of sp³-hybridized carbons (Fsp3) is 0.550. The molecule has 7 heteroatoms. The standard InChI is InChI=1S/C20H29N3O4/c1-19(2,3)14-7-9-15(10-8-14)20(4)17(25)23(18(26)22-20)13-16(24)21-11-6-12-27-5/h7-10H,6,11-13H2,1-5H3,(H,21,24)(H,22,26). The minimum Gasteiger partial charge on any atom is -0.385 e. The molecule has 1 fully saturated rings. The number of benzene rings is 1. The first-order valence-corrected chi connectivity index (χ1v) is 9.10. The number of methoxy groups -OCH3 is 1. The van der Waals surface area contributed by atoms with E-state index in [0.717, 1.165) is 10.5 Å². The van der Waals surface area contributed by atoms with E-state index in [9.17, 15) is 14.4 Å². The SMILES string of the molecule is COCCCNC(=O)CN1C(=O)NC(C)(c2ccc(C(C)(C)C)cc2)C1=O. The number of imide groups is 1. The maximum absolute atomic E-state index is 12.9. The Hall–Kier alpha value is -2.41. The molecule has 0 saturated carbocycles. The molecule has 1 aliphatic heterocycles. The summed E-state index contributed by atoms with van der Waals surface area (Å²) in [5.74, 6) is -0.801. The Bertz CT molecular complexity index is 709. The zero-order valence-electron chi connectivity index (χ0n) is 16.7. The molecule has 27 heavy (non-hydrogen) atoms. The van der Waals surface area contributed by atoms with E-state index in [-0.39, 0.29) is 17.9 Å². The monoisotopic (exact) mass is 375 g/mol. The van der Waals surface area contributed by atoms with E-state index in [4.69, 9.17) is 4.74 Å². The Balaban J connectivity index is 2.08. The van der Waals surface area contributed by atoms with Crippen molar-refractivity contribution in [3.63, 3.8) is 0 Å². The molecule has 1 heterocycles. The summed E-state index contributed by atoms with van der Waals surface area (Å²) in [6.45, 7) is 8.66. The lowest BCUT2D eigenvalue weighted by Gasteiger charge is -2.24. The maximum Gasteiger partial charge on any atom is 0.325 e. The summed E-state index contributed by atoms with van der Waals surface area (Å²) in [5.41, 5.74) is 0.648. The molecule has 0 bridgehead atoms. The minimum atomic E-state index is -1.18. The van der Waals surface area contributed by atoms with E-state index in [2.05, 4.69) is 31.4 Å². The van der Waals surface area contributed by atoms with Gasteiger partial charge >= 0.3 is 6.03 Å². The lowest BCUT2D eigenvalue weighted by atomic mass is 9.84. The fourth-order valence-electron chi connectivity index (χ4n) is 2.98. The predicted molar refractivity (Wildman–Crippen MR) is 102 cm³/mol. The van der Waals surface area contributed by atoms with Crippen LogP contribution >= 0.6 is 0 Å². The van der Waals surface area contributed by atoms with E-state index >= 15 is 0 Å². The number of urea groups is 1. The first-order chi connectivity index (χ1) is 12.6. The smallest absolute Gasteiger partial charge is 0.325 e. The van der Waals surface area contributed by atoms with Gasteiger partial charge in [-0.15, -0.1) is 0 Å². The predicted octanol–water partition coefficient (Wildman–Crippen LogP) is 1.90. The Kier molecular flexibility index (Phi) is 6.26. The number of carbonyl (C=O) groups is 3. The highest BCUT2D eigenvalue weighted by Gasteiger charge is 2.49. The van der Waals surface area contributed by atoms with Crippen LogP contribution in [0.15, 0.2) is 24.3 Å². The molecule has 1 aliphatic rings. The maximum atomic E-state index is 12.9. The molecule has 0 radical (unpaired) electrons. The van der Waals surface area contributed by atoms with Gasteiger partial charge < -0.3 is 15.4 Å². The van der Waals surface area contributed by atoms with Crippen molar-refractivity contribution in [2.75, 3.05) is 26.8 Å². The van der Waals surface area contributed by atoms with Crippen LogP contribution in [-0.2, 0) is 25.3 Å². The lowest BCUT2D eigenvalue weighted by Crippen LogP contribution is -2.43. The van der Waals surface area contributed by atoms with Gasteiger partial charge in [0.25, 0.3) is 5.91 Å². The number of hydrogen-bond donors (Lipinski definition) is 2. The van der Waals surface area contributed by atoms with Crippen molar-refractivity contribution in [2.24, 2.45) is 0 Å². The third-order valence-corrected chi connectivity index (χ3v) is 4.75. The number of carbonyl (C=O) groups excluding carboxylic acids is 3. The van der Waals surface area contributed by atoms with E-state index < -0.39 is 17.5 Å². The minimum absolute atomic E-state index is 0.00466. The lowest BCUT2D eigenvalue weighted by molar-refractivity contribution is -0.134. The van der Waals surface area contributed by atoms with Crippen LogP contribution in [0.4, 0.5) is 4.79 Å². The molecule has 0 spiro atoms. The highest BCUT2D eigenvalue weighted by molar-refractivity contribution is 6.09. The van der Waals surface area contributed by atoms with E-state index in [0.29, 0.717) is 25.1 Å². The number of hydrogen-bond acceptors (Lipinski definition) is 4. The van der Waals surface area contributed by atoms with Crippen molar-refractivity contribution in [3.8, 4) is 0 Å². The van der Waals surface area contributed by atoms with Gasteiger partial charge in [0.1, 0.15) is 12.1 Å². The second kappa shape index (κ2) is 8.08. The first kappa shape index (κ1) is 20.9. The summed E-state index contributed by atoms with van der Waals surface area (Å²) in [4.78, 5) is 38.2. The average Bonchev–Trinajstić information content (AvgIpc) is 2.82. The molecular formula is C20H29N3O4. The topological polar surface area (TPSA) is 87.7 Å². The first-order valence-electron chi connectivity index (χ1n) is 9.10. The molecule has 0 aliphatic carbocycles. The van der Waals surface area contributed by atoms with E-state index in [1.807, 2.05) is 24.3 Å². The molecular weight excluding hydrogens is 346 g/mol. The summed E-state index contributed by atoms with van der Waals surface area (Å²) >= 11 is 0. The van der Waals surface area contributed by atoms with Crippen LogP contribution in [0.25, 0.3) is 0 Å². The molecule has 1 aromatic rings. The molecule has 1 saturated heterocycles. The van der Waals surface area contributed by atoms with Crippen molar-refractivity contribution >= 4 is 17.8 Å². The second-order valence-electron chi connectivity index (χ2n) is 7.97. The van der Waals surface area contributed by atoms with Gasteiger partial charge in [-0.05, 0) is 29.9 Å². The van der Waals surface area contributed by atoms with Crippen LogP contribution in [0.2, 0.25) is 0 Å².